The van der Waals surface area contributed by atoms with Crippen LogP contribution in [0, 0.1) is 11.3 Å². The summed E-state index contributed by atoms with van der Waals surface area (Å²) >= 11 is 0. The predicted octanol–water partition coefficient (Wildman–Crippen LogP) is 1.83. The fraction of sp³-hybridized carbons (Fsp3) is 0.500. The summed E-state index contributed by atoms with van der Waals surface area (Å²) in [5.41, 5.74) is 1.39. The SMILES string of the molecule is CCOC(=O)C(C)(C[C@H]1CN(c2ccc(CC#N)cc2)C(=O)O1)S(C)(=O)=O. The van der Waals surface area contributed by atoms with Crippen LogP contribution in [0.2, 0.25) is 0 Å². The van der Waals surface area contributed by atoms with Crippen molar-refractivity contribution in [1.82, 2.24) is 0 Å². The zero-order valence-electron chi connectivity index (χ0n) is 15.5. The van der Waals surface area contributed by atoms with Crippen LogP contribution >= 0.6 is 0 Å². The molecule has 0 radical (unpaired) electrons. The maximum Gasteiger partial charge on any atom is 0.414 e. The van der Waals surface area contributed by atoms with Gasteiger partial charge in [0.1, 0.15) is 6.10 Å². The van der Waals surface area contributed by atoms with Crippen LogP contribution in [0.4, 0.5) is 10.5 Å². The van der Waals surface area contributed by atoms with Crippen LogP contribution in [-0.4, -0.2) is 50.7 Å². The normalized spacial score (nSPS) is 19.1. The summed E-state index contributed by atoms with van der Waals surface area (Å²) < 4.78 is 32.8. The van der Waals surface area contributed by atoms with E-state index in [4.69, 9.17) is 14.7 Å². The molecule has 0 N–H and O–H groups in total. The van der Waals surface area contributed by atoms with Gasteiger partial charge in [0.25, 0.3) is 0 Å². The van der Waals surface area contributed by atoms with Gasteiger partial charge in [-0.3, -0.25) is 9.69 Å². The number of anilines is 1. The van der Waals surface area contributed by atoms with E-state index in [0.29, 0.717) is 5.69 Å². The van der Waals surface area contributed by atoms with Crippen molar-refractivity contribution < 1.29 is 27.5 Å². The number of ether oxygens (including phenoxy) is 2. The molecule has 1 amide bonds. The number of hydrogen-bond acceptors (Lipinski definition) is 7. The highest BCUT2D eigenvalue weighted by atomic mass is 32.2. The molecule has 27 heavy (non-hydrogen) atoms. The van der Waals surface area contributed by atoms with E-state index < -0.39 is 32.8 Å². The van der Waals surface area contributed by atoms with Crippen molar-refractivity contribution in [2.45, 2.75) is 37.5 Å². The van der Waals surface area contributed by atoms with Gasteiger partial charge in [-0.05, 0) is 31.5 Å². The van der Waals surface area contributed by atoms with Crippen LogP contribution in [0.5, 0.6) is 0 Å². The molecule has 1 aliphatic rings. The fourth-order valence-electron chi connectivity index (χ4n) is 2.83. The van der Waals surface area contributed by atoms with Gasteiger partial charge in [-0.2, -0.15) is 5.26 Å². The fourth-order valence-corrected chi connectivity index (χ4v) is 3.68. The summed E-state index contributed by atoms with van der Waals surface area (Å²) in [6, 6.07) is 8.90. The smallest absolute Gasteiger partial charge is 0.414 e. The topological polar surface area (TPSA) is 114 Å². The number of sulfone groups is 1. The highest BCUT2D eigenvalue weighted by Crippen LogP contribution is 2.30. The molecule has 1 heterocycles. The number of nitriles is 1. The molecule has 9 heteroatoms. The Balaban J connectivity index is 2.18. The highest BCUT2D eigenvalue weighted by Gasteiger charge is 2.49. The lowest BCUT2D eigenvalue weighted by atomic mass is 10.0. The standard InChI is InChI=1S/C18H22N2O6S/c1-4-25-16(21)18(2,27(3,23)24)11-15-12-20(17(22)26-15)14-7-5-13(6-8-14)9-10-19/h5-8,15H,4,9,11-12H2,1-3H3/t15-,18?/m0/s1. The summed E-state index contributed by atoms with van der Waals surface area (Å²) in [5, 5.41) is 8.71. The average molecular weight is 394 g/mol. The minimum atomic E-state index is -3.80. The molecule has 0 aliphatic carbocycles. The van der Waals surface area contributed by atoms with Crippen molar-refractivity contribution in [3.8, 4) is 6.07 Å². The second-order valence-electron chi connectivity index (χ2n) is 6.55. The van der Waals surface area contributed by atoms with Crippen molar-refractivity contribution in [2.24, 2.45) is 0 Å². The molecule has 1 aromatic rings. The lowest BCUT2D eigenvalue weighted by Gasteiger charge is -2.27. The minimum absolute atomic E-state index is 0.0512. The maximum atomic E-state index is 12.2. The van der Waals surface area contributed by atoms with Crippen molar-refractivity contribution in [2.75, 3.05) is 24.3 Å². The molecule has 1 saturated heterocycles. The van der Waals surface area contributed by atoms with E-state index in [9.17, 15) is 18.0 Å². The number of carbonyl (C=O) groups excluding carboxylic acids is 2. The summed E-state index contributed by atoms with van der Waals surface area (Å²) in [5.74, 6) is -0.858. The highest BCUT2D eigenvalue weighted by molar-refractivity contribution is 7.92. The van der Waals surface area contributed by atoms with E-state index in [1.54, 1.807) is 31.2 Å². The molecule has 8 nitrogen and oxygen atoms in total. The second-order valence-corrected chi connectivity index (χ2v) is 8.99. The van der Waals surface area contributed by atoms with Gasteiger partial charge >= 0.3 is 12.1 Å². The van der Waals surface area contributed by atoms with Crippen LogP contribution in [0.3, 0.4) is 0 Å². The third-order valence-corrected chi connectivity index (χ3v) is 6.52. The monoisotopic (exact) mass is 394 g/mol. The average Bonchev–Trinajstić information content (AvgIpc) is 2.95. The van der Waals surface area contributed by atoms with E-state index >= 15 is 0 Å². The predicted molar refractivity (Wildman–Crippen MR) is 97.9 cm³/mol. The molecular weight excluding hydrogens is 372 g/mol. The number of nitrogens with zero attached hydrogens (tertiary/aromatic N) is 2. The molecule has 2 atom stereocenters. The number of cyclic esters (lactones) is 1. The Kier molecular flexibility index (Phi) is 6.11. The Morgan fingerprint density at radius 3 is 2.56 bits per heavy atom. The van der Waals surface area contributed by atoms with E-state index in [1.165, 1.54) is 11.8 Å². The lowest BCUT2D eigenvalue weighted by Crippen LogP contribution is -2.47. The summed E-state index contributed by atoms with van der Waals surface area (Å²) in [6.07, 6.45) is -0.362. The first-order valence-electron chi connectivity index (χ1n) is 8.43. The summed E-state index contributed by atoms with van der Waals surface area (Å²) in [6.45, 7) is 3.04. The van der Waals surface area contributed by atoms with Crippen molar-refractivity contribution in [3.05, 3.63) is 29.8 Å². The molecule has 0 saturated carbocycles. The van der Waals surface area contributed by atoms with Crippen LogP contribution in [-0.2, 0) is 30.5 Å². The lowest BCUT2D eigenvalue weighted by molar-refractivity contribution is -0.146. The molecule has 0 bridgehead atoms. The molecule has 1 aromatic carbocycles. The van der Waals surface area contributed by atoms with Crippen molar-refractivity contribution in [1.29, 1.82) is 5.26 Å². The van der Waals surface area contributed by atoms with E-state index in [-0.39, 0.29) is 26.0 Å². The molecule has 0 spiro atoms. The van der Waals surface area contributed by atoms with Crippen LogP contribution in [0.1, 0.15) is 25.8 Å². The van der Waals surface area contributed by atoms with Crippen LogP contribution in [0.15, 0.2) is 24.3 Å². The summed E-state index contributed by atoms with van der Waals surface area (Å²) in [4.78, 5) is 25.8. The number of benzene rings is 1. The van der Waals surface area contributed by atoms with Gasteiger partial charge in [-0.25, -0.2) is 13.2 Å². The third-order valence-electron chi connectivity index (χ3n) is 4.55. The molecule has 1 fully saturated rings. The second kappa shape index (κ2) is 7.96. The Bertz CT molecular complexity index is 859. The Morgan fingerprint density at radius 2 is 2.04 bits per heavy atom. The van der Waals surface area contributed by atoms with Gasteiger partial charge in [-0.15, -0.1) is 0 Å². The Hall–Kier alpha value is -2.60. The number of rotatable bonds is 7. The van der Waals surface area contributed by atoms with Gasteiger partial charge in [0.2, 0.25) is 0 Å². The van der Waals surface area contributed by atoms with Gasteiger partial charge < -0.3 is 9.47 Å². The number of esters is 1. The quantitative estimate of drug-likeness (QED) is 0.648. The number of hydrogen-bond donors (Lipinski definition) is 0. The van der Waals surface area contributed by atoms with E-state index in [1.807, 2.05) is 6.07 Å². The molecule has 0 aromatic heterocycles. The zero-order chi connectivity index (χ0) is 20.2. The first-order chi connectivity index (χ1) is 12.6. The molecule has 1 aliphatic heterocycles. The third kappa shape index (κ3) is 4.39. The van der Waals surface area contributed by atoms with Crippen LogP contribution in [0.25, 0.3) is 0 Å². The largest absolute Gasteiger partial charge is 0.465 e. The number of carbonyl (C=O) groups is 2. The maximum absolute atomic E-state index is 12.2. The minimum Gasteiger partial charge on any atom is -0.465 e. The van der Waals surface area contributed by atoms with Gasteiger partial charge in [0, 0.05) is 18.4 Å². The summed E-state index contributed by atoms with van der Waals surface area (Å²) in [7, 11) is -3.80. The van der Waals surface area contributed by atoms with Gasteiger partial charge in [0.05, 0.1) is 25.6 Å². The number of amides is 1. The van der Waals surface area contributed by atoms with Crippen molar-refractivity contribution >= 4 is 27.6 Å². The molecule has 1 unspecified atom stereocenters. The first-order valence-corrected chi connectivity index (χ1v) is 10.3. The van der Waals surface area contributed by atoms with Gasteiger partial charge in [-0.1, -0.05) is 12.1 Å². The van der Waals surface area contributed by atoms with Crippen molar-refractivity contribution in [3.63, 3.8) is 0 Å². The Labute approximate surface area is 158 Å². The van der Waals surface area contributed by atoms with E-state index in [2.05, 4.69) is 0 Å². The molecule has 2 rings (SSSR count). The Morgan fingerprint density at radius 1 is 1.41 bits per heavy atom. The van der Waals surface area contributed by atoms with Gasteiger partial charge in [0.15, 0.2) is 14.6 Å². The zero-order valence-corrected chi connectivity index (χ0v) is 16.3. The van der Waals surface area contributed by atoms with Crippen LogP contribution < -0.4 is 4.90 Å². The molecular formula is C18H22N2O6S. The molecule has 146 valence electrons. The first kappa shape index (κ1) is 20.7. The van der Waals surface area contributed by atoms with E-state index in [0.717, 1.165) is 11.8 Å².